The monoisotopic (exact) mass is 417 g/mol. The summed E-state index contributed by atoms with van der Waals surface area (Å²) in [7, 11) is 0. The molecule has 1 fully saturated rings. The van der Waals surface area contributed by atoms with Crippen LogP contribution >= 0.6 is 11.6 Å². The van der Waals surface area contributed by atoms with E-state index in [4.69, 9.17) is 11.6 Å². The number of hydrogen-bond donors (Lipinski definition) is 1. The predicted octanol–water partition coefficient (Wildman–Crippen LogP) is 4.78. The van der Waals surface area contributed by atoms with Crippen molar-refractivity contribution in [1.82, 2.24) is 15.2 Å². The molecular formula is C25H24ClN3O. The Bertz CT molecular complexity index is 1070. The van der Waals surface area contributed by atoms with E-state index in [0.717, 1.165) is 50.3 Å². The Kier molecular flexibility index (Phi) is 5.17. The number of fused-ring (bicyclic) bond motifs is 1. The zero-order chi connectivity index (χ0) is 20.5. The molecule has 30 heavy (non-hydrogen) atoms. The summed E-state index contributed by atoms with van der Waals surface area (Å²) in [6.45, 7) is 2.33. The van der Waals surface area contributed by atoms with Gasteiger partial charge in [-0.1, -0.05) is 35.4 Å². The highest BCUT2D eigenvalue weighted by atomic mass is 35.5. The highest BCUT2D eigenvalue weighted by Crippen LogP contribution is 2.40. The van der Waals surface area contributed by atoms with Crippen LogP contribution in [0.5, 0.6) is 0 Å². The Hall–Kier alpha value is -2.85. The number of aryl methyl sites for hydroxylation is 1. The van der Waals surface area contributed by atoms with E-state index >= 15 is 0 Å². The normalized spacial score (nSPS) is 18.5. The minimum absolute atomic E-state index is 0.0909. The molecule has 2 aliphatic heterocycles. The molecule has 3 aliphatic rings. The third kappa shape index (κ3) is 3.56. The Morgan fingerprint density at radius 2 is 1.83 bits per heavy atom. The van der Waals surface area contributed by atoms with Crippen molar-refractivity contribution in [3.05, 3.63) is 93.4 Å². The number of carbonyl (C=O) groups is 1. The Balaban J connectivity index is 1.50. The van der Waals surface area contributed by atoms with Gasteiger partial charge >= 0.3 is 0 Å². The molecule has 0 spiro atoms. The number of nitrogens with one attached hydrogen (secondary N) is 1. The highest BCUT2D eigenvalue weighted by Gasteiger charge is 2.27. The summed E-state index contributed by atoms with van der Waals surface area (Å²) in [6, 6.07) is 9.85. The first-order valence-corrected chi connectivity index (χ1v) is 10.9. The molecule has 3 heterocycles. The van der Waals surface area contributed by atoms with Crippen molar-refractivity contribution < 1.29 is 4.79 Å². The lowest BCUT2D eigenvalue weighted by molar-refractivity contribution is 0.0743. The van der Waals surface area contributed by atoms with Crippen molar-refractivity contribution >= 4 is 23.1 Å². The van der Waals surface area contributed by atoms with Gasteiger partial charge in [-0.2, -0.15) is 0 Å². The summed E-state index contributed by atoms with van der Waals surface area (Å²) >= 11 is 6.32. The van der Waals surface area contributed by atoms with Gasteiger partial charge in [-0.3, -0.25) is 9.78 Å². The largest absolute Gasteiger partial charge is 0.381 e. The standard InChI is InChI=1S/C25H24ClN3O/c26-21-5-6-22-20(16-21)4-3-18-2-1-11-28-24(18)23(22)17-9-14-29(15-10-17)25(30)19-7-12-27-13-8-19/h1-2,5-8,12-13,16,28H,3-4,9-11,14-15H2. The lowest BCUT2D eigenvalue weighted by atomic mass is 9.88. The summed E-state index contributed by atoms with van der Waals surface area (Å²) in [6.07, 6.45) is 11.6. The minimum atomic E-state index is 0.0909. The van der Waals surface area contributed by atoms with Crippen molar-refractivity contribution in [2.45, 2.75) is 25.7 Å². The molecule has 5 heteroatoms. The second-order valence-electron chi connectivity index (χ2n) is 7.99. The van der Waals surface area contributed by atoms with Crippen molar-refractivity contribution in [3.63, 3.8) is 0 Å². The molecule has 4 nitrogen and oxygen atoms in total. The van der Waals surface area contributed by atoms with E-state index in [1.54, 1.807) is 24.5 Å². The van der Waals surface area contributed by atoms with E-state index in [9.17, 15) is 4.79 Å². The van der Waals surface area contributed by atoms with Gasteiger partial charge in [-0.05, 0) is 66.6 Å². The molecule has 0 bridgehead atoms. The van der Waals surface area contributed by atoms with Crippen LogP contribution in [0.1, 0.15) is 40.7 Å². The molecule has 0 unspecified atom stereocenters. The van der Waals surface area contributed by atoms with Crippen LogP contribution < -0.4 is 5.32 Å². The predicted molar refractivity (Wildman–Crippen MR) is 120 cm³/mol. The van der Waals surface area contributed by atoms with Gasteiger partial charge in [0.05, 0.1) is 0 Å². The first kappa shape index (κ1) is 19.1. The first-order valence-electron chi connectivity index (χ1n) is 10.5. The van der Waals surface area contributed by atoms with E-state index in [1.165, 1.54) is 33.5 Å². The fourth-order valence-corrected chi connectivity index (χ4v) is 4.90. The van der Waals surface area contributed by atoms with Crippen molar-refractivity contribution in [2.24, 2.45) is 0 Å². The van der Waals surface area contributed by atoms with Gasteiger partial charge in [-0.25, -0.2) is 0 Å². The molecule has 5 rings (SSSR count). The summed E-state index contributed by atoms with van der Waals surface area (Å²) in [4.78, 5) is 18.8. The van der Waals surface area contributed by atoms with Crippen LogP contribution in [0, 0.1) is 0 Å². The number of likely N-dealkylation sites (tertiary alicyclic amines) is 1. The van der Waals surface area contributed by atoms with Crippen LogP contribution in [0.4, 0.5) is 0 Å². The molecule has 1 aromatic heterocycles. The second-order valence-corrected chi connectivity index (χ2v) is 8.43. The van der Waals surface area contributed by atoms with Crippen LogP contribution in [0.25, 0.3) is 5.57 Å². The van der Waals surface area contributed by atoms with Crippen molar-refractivity contribution in [3.8, 4) is 0 Å². The van der Waals surface area contributed by atoms with Crippen LogP contribution in [0.3, 0.4) is 0 Å². The molecule has 1 aromatic carbocycles. The number of aromatic nitrogens is 1. The summed E-state index contributed by atoms with van der Waals surface area (Å²) < 4.78 is 0. The molecule has 0 atom stereocenters. The summed E-state index contributed by atoms with van der Waals surface area (Å²) in [5.41, 5.74) is 8.69. The minimum Gasteiger partial charge on any atom is -0.381 e. The number of halogens is 1. The van der Waals surface area contributed by atoms with Gasteiger partial charge in [0.2, 0.25) is 0 Å². The van der Waals surface area contributed by atoms with Crippen molar-refractivity contribution in [1.29, 1.82) is 0 Å². The topological polar surface area (TPSA) is 45.2 Å². The highest BCUT2D eigenvalue weighted by molar-refractivity contribution is 6.30. The number of pyridine rings is 1. The maximum Gasteiger partial charge on any atom is 0.253 e. The number of rotatable bonds is 1. The lowest BCUT2D eigenvalue weighted by Crippen LogP contribution is -2.36. The number of piperidine rings is 1. The smallest absolute Gasteiger partial charge is 0.253 e. The molecule has 0 radical (unpaired) electrons. The number of hydrogen-bond acceptors (Lipinski definition) is 3. The van der Waals surface area contributed by atoms with E-state index in [1.807, 2.05) is 11.0 Å². The number of nitrogens with zero attached hydrogens (tertiary/aromatic N) is 2. The zero-order valence-corrected chi connectivity index (χ0v) is 17.6. The van der Waals surface area contributed by atoms with E-state index < -0.39 is 0 Å². The average molecular weight is 418 g/mol. The average Bonchev–Trinajstić information content (AvgIpc) is 2.96. The summed E-state index contributed by atoms with van der Waals surface area (Å²) in [5.74, 6) is 0.0909. The molecule has 1 saturated heterocycles. The maximum atomic E-state index is 12.8. The van der Waals surface area contributed by atoms with Gasteiger partial charge < -0.3 is 10.2 Å². The van der Waals surface area contributed by atoms with Crippen LogP contribution in [0.2, 0.25) is 5.02 Å². The molecule has 152 valence electrons. The quantitative estimate of drug-likeness (QED) is 0.725. The van der Waals surface area contributed by atoms with Gasteiger partial charge in [-0.15, -0.1) is 0 Å². The Morgan fingerprint density at radius 3 is 2.63 bits per heavy atom. The molecule has 1 aliphatic carbocycles. The Labute approximate surface area is 182 Å². The fourth-order valence-electron chi connectivity index (χ4n) is 4.71. The third-order valence-electron chi connectivity index (χ3n) is 6.22. The van der Waals surface area contributed by atoms with E-state index in [-0.39, 0.29) is 5.91 Å². The summed E-state index contributed by atoms with van der Waals surface area (Å²) in [5, 5.41) is 4.43. The number of allylic oxidation sites excluding steroid dienone is 3. The van der Waals surface area contributed by atoms with Gasteiger partial charge in [0.1, 0.15) is 0 Å². The number of amides is 1. The van der Waals surface area contributed by atoms with Gasteiger partial charge in [0.15, 0.2) is 0 Å². The number of dihydropyridines is 1. The second kappa shape index (κ2) is 8.11. The first-order chi connectivity index (χ1) is 14.7. The maximum absolute atomic E-state index is 12.8. The van der Waals surface area contributed by atoms with Crippen molar-refractivity contribution in [2.75, 3.05) is 19.6 Å². The van der Waals surface area contributed by atoms with Crippen LogP contribution in [-0.2, 0) is 6.42 Å². The number of carbonyl (C=O) groups excluding carboxylic acids is 1. The van der Waals surface area contributed by atoms with Gasteiger partial charge in [0, 0.05) is 53.9 Å². The number of benzene rings is 1. The van der Waals surface area contributed by atoms with Crippen LogP contribution in [-0.4, -0.2) is 35.4 Å². The molecule has 1 N–H and O–H groups in total. The lowest BCUT2D eigenvalue weighted by Gasteiger charge is -2.31. The SMILES string of the molecule is O=C(c1ccncc1)N1CCC(=C2C3=C(C=CCN3)CCc3cc(Cl)ccc32)CC1. The molecule has 0 saturated carbocycles. The van der Waals surface area contributed by atoms with E-state index in [0.29, 0.717) is 5.56 Å². The molecular weight excluding hydrogens is 394 g/mol. The Morgan fingerprint density at radius 1 is 1.03 bits per heavy atom. The van der Waals surface area contributed by atoms with Crippen LogP contribution in [0.15, 0.2) is 71.7 Å². The zero-order valence-electron chi connectivity index (χ0n) is 16.8. The van der Waals surface area contributed by atoms with E-state index in [2.05, 4.69) is 34.6 Å². The third-order valence-corrected chi connectivity index (χ3v) is 6.46. The molecule has 2 aromatic rings. The molecule has 1 amide bonds. The van der Waals surface area contributed by atoms with Gasteiger partial charge in [0.25, 0.3) is 5.91 Å². The fraction of sp³-hybridized carbons (Fsp3) is 0.280.